The average molecular weight is 803 g/mol. The first-order valence-corrected chi connectivity index (χ1v) is 21.8. The molecule has 0 N–H and O–H groups in total. The van der Waals surface area contributed by atoms with E-state index in [-0.39, 0.29) is 5.41 Å². The third-order valence-electron chi connectivity index (χ3n) is 13.3. The molecule has 0 fully saturated rings. The van der Waals surface area contributed by atoms with Crippen molar-refractivity contribution in [3.63, 3.8) is 0 Å². The fourth-order valence-corrected chi connectivity index (χ4v) is 10.2. The number of rotatable bonds is 6. The molecule has 0 spiro atoms. The van der Waals surface area contributed by atoms with Crippen LogP contribution < -0.4 is 0 Å². The molecule has 1 aromatic heterocycles. The smallest absolute Gasteiger partial charge is 0.160 e. The molecule has 0 unspecified atom stereocenters. The number of aromatic nitrogens is 2. The molecule has 10 aromatic carbocycles. The van der Waals surface area contributed by atoms with Gasteiger partial charge in [-0.3, -0.25) is 0 Å². The van der Waals surface area contributed by atoms with E-state index < -0.39 is 0 Å². The summed E-state index contributed by atoms with van der Waals surface area (Å²) < 4.78 is 0. The third-order valence-corrected chi connectivity index (χ3v) is 13.3. The van der Waals surface area contributed by atoms with Gasteiger partial charge in [-0.05, 0) is 100 Å². The number of fused-ring (bicyclic) bond motifs is 7. The van der Waals surface area contributed by atoms with Gasteiger partial charge in [0.1, 0.15) is 0 Å². The molecule has 0 amide bonds. The number of hydrogen-bond acceptors (Lipinski definition) is 2. The zero-order valence-corrected chi connectivity index (χ0v) is 35.2. The summed E-state index contributed by atoms with van der Waals surface area (Å²) in [7, 11) is 0. The van der Waals surface area contributed by atoms with Crippen molar-refractivity contribution in [2.75, 3.05) is 0 Å². The molecule has 0 atom stereocenters. The van der Waals surface area contributed by atoms with E-state index in [4.69, 9.17) is 9.97 Å². The normalized spacial score (nSPS) is 12.7. The molecule has 12 rings (SSSR count). The molecule has 2 heteroatoms. The molecule has 1 aliphatic carbocycles. The first-order valence-electron chi connectivity index (χ1n) is 21.8. The molecular weight excluding hydrogens is 761 g/mol. The van der Waals surface area contributed by atoms with E-state index in [1.807, 2.05) is 0 Å². The Bertz CT molecular complexity index is 3560. The fourth-order valence-electron chi connectivity index (χ4n) is 10.2. The monoisotopic (exact) mass is 802 g/mol. The number of benzene rings is 10. The van der Waals surface area contributed by atoms with E-state index >= 15 is 0 Å². The van der Waals surface area contributed by atoms with Crippen LogP contribution >= 0.6 is 0 Å². The summed E-state index contributed by atoms with van der Waals surface area (Å²) in [5, 5.41) is 7.51. The highest BCUT2D eigenvalue weighted by molar-refractivity contribution is 6.20. The van der Waals surface area contributed by atoms with Gasteiger partial charge in [0, 0.05) is 22.1 Å². The summed E-state index contributed by atoms with van der Waals surface area (Å²) in [5.41, 5.74) is 17.2. The van der Waals surface area contributed by atoms with Crippen molar-refractivity contribution in [1.82, 2.24) is 9.97 Å². The Kier molecular flexibility index (Phi) is 8.55. The van der Waals surface area contributed by atoms with Gasteiger partial charge in [-0.25, -0.2) is 9.97 Å². The maximum absolute atomic E-state index is 5.40. The predicted molar refractivity (Wildman–Crippen MR) is 265 cm³/mol. The topological polar surface area (TPSA) is 25.8 Å². The maximum atomic E-state index is 5.40. The van der Waals surface area contributed by atoms with E-state index in [0.717, 1.165) is 39.2 Å². The van der Waals surface area contributed by atoms with Crippen molar-refractivity contribution in [1.29, 1.82) is 0 Å². The summed E-state index contributed by atoms with van der Waals surface area (Å²) in [6.07, 6.45) is 0. The fraction of sp³-hybridized carbons (Fsp3) is 0.0492. The zero-order valence-electron chi connectivity index (χ0n) is 35.2. The number of hydrogen-bond donors (Lipinski definition) is 0. The molecule has 296 valence electrons. The van der Waals surface area contributed by atoms with E-state index in [1.54, 1.807) is 0 Å². The van der Waals surface area contributed by atoms with Crippen LogP contribution in [0.1, 0.15) is 25.0 Å². The van der Waals surface area contributed by atoms with Crippen LogP contribution in [-0.2, 0) is 5.41 Å². The Morgan fingerprint density at radius 2 is 0.873 bits per heavy atom. The second kappa shape index (κ2) is 14.6. The minimum atomic E-state index is -0.101. The Morgan fingerprint density at radius 1 is 0.302 bits per heavy atom. The third kappa shape index (κ3) is 6.09. The van der Waals surface area contributed by atoms with Crippen LogP contribution in [0.3, 0.4) is 0 Å². The van der Waals surface area contributed by atoms with E-state index in [0.29, 0.717) is 5.82 Å². The molecule has 0 radical (unpaired) electrons. The Morgan fingerprint density at radius 3 is 1.68 bits per heavy atom. The highest BCUT2D eigenvalue weighted by Crippen LogP contribution is 2.53. The van der Waals surface area contributed by atoms with Crippen molar-refractivity contribution in [3.8, 4) is 78.4 Å². The maximum Gasteiger partial charge on any atom is 0.160 e. The van der Waals surface area contributed by atoms with Gasteiger partial charge in [-0.1, -0.05) is 220 Å². The first-order chi connectivity index (χ1) is 31.0. The second-order valence-corrected chi connectivity index (χ2v) is 17.3. The highest BCUT2D eigenvalue weighted by atomic mass is 14.9. The summed E-state index contributed by atoms with van der Waals surface area (Å²) in [6, 6.07) is 79.1. The van der Waals surface area contributed by atoms with Crippen LogP contribution in [0.5, 0.6) is 0 Å². The van der Waals surface area contributed by atoms with Crippen LogP contribution in [-0.4, -0.2) is 9.97 Å². The number of nitrogens with zero attached hydrogens (tertiary/aromatic N) is 2. The van der Waals surface area contributed by atoms with Crippen LogP contribution in [0.15, 0.2) is 218 Å². The lowest BCUT2D eigenvalue weighted by atomic mass is 9.81. The SMILES string of the molecule is CC1(C)c2ccccc2-c2c(-c3ccccc3-c3cc(-c4ccc(-c5c6ccccc6cc6c5ccc5ccccc56)cc4)nc(-c4ccc(-c5ccccc5)cc4)n3)cccc21. The van der Waals surface area contributed by atoms with Gasteiger partial charge in [0.2, 0.25) is 0 Å². The van der Waals surface area contributed by atoms with E-state index in [2.05, 4.69) is 232 Å². The molecule has 0 aliphatic heterocycles. The molecule has 0 bridgehead atoms. The van der Waals surface area contributed by atoms with Gasteiger partial charge in [-0.15, -0.1) is 0 Å². The van der Waals surface area contributed by atoms with Crippen molar-refractivity contribution in [2.45, 2.75) is 19.3 Å². The van der Waals surface area contributed by atoms with Gasteiger partial charge in [-0.2, -0.15) is 0 Å². The molecule has 1 heterocycles. The largest absolute Gasteiger partial charge is 0.228 e. The van der Waals surface area contributed by atoms with Crippen molar-refractivity contribution in [2.24, 2.45) is 0 Å². The Balaban J connectivity index is 1.03. The predicted octanol–water partition coefficient (Wildman–Crippen LogP) is 16.2. The Labute approximate surface area is 367 Å². The summed E-state index contributed by atoms with van der Waals surface area (Å²) in [5.74, 6) is 0.692. The molecule has 0 saturated carbocycles. The summed E-state index contributed by atoms with van der Waals surface area (Å²) in [6.45, 7) is 4.69. The van der Waals surface area contributed by atoms with Crippen molar-refractivity contribution >= 4 is 32.3 Å². The van der Waals surface area contributed by atoms with Crippen LogP contribution in [0, 0.1) is 0 Å². The van der Waals surface area contributed by atoms with Crippen LogP contribution in [0.25, 0.3) is 111 Å². The van der Waals surface area contributed by atoms with Crippen LogP contribution in [0.2, 0.25) is 0 Å². The second-order valence-electron chi connectivity index (χ2n) is 17.3. The highest BCUT2D eigenvalue weighted by Gasteiger charge is 2.36. The molecule has 11 aromatic rings. The molecule has 63 heavy (non-hydrogen) atoms. The zero-order chi connectivity index (χ0) is 42.1. The van der Waals surface area contributed by atoms with E-state index in [1.165, 1.54) is 76.8 Å². The van der Waals surface area contributed by atoms with Crippen LogP contribution in [0.4, 0.5) is 0 Å². The minimum Gasteiger partial charge on any atom is -0.228 e. The average Bonchev–Trinajstić information content (AvgIpc) is 3.59. The lowest BCUT2D eigenvalue weighted by Gasteiger charge is -2.22. The summed E-state index contributed by atoms with van der Waals surface area (Å²) in [4.78, 5) is 10.7. The van der Waals surface area contributed by atoms with Gasteiger partial charge in [0.15, 0.2) is 5.82 Å². The first kappa shape index (κ1) is 36.9. The van der Waals surface area contributed by atoms with Crippen molar-refractivity contribution < 1.29 is 0 Å². The van der Waals surface area contributed by atoms with Gasteiger partial charge in [0.05, 0.1) is 11.4 Å². The molecular formula is C61H42N2. The standard InChI is InChI=1S/C61H42N2/c1-61(2)54-25-13-12-23-52(54)59-50(24-14-26-55(59)61)48-21-10-11-22-49(48)57-38-56(62-60(63-57)44-33-27-40(28-34-44)39-15-4-3-5-16-39)42-29-31-43(32-30-42)58-47-20-9-7-18-45(47)37-53-46-19-8-6-17-41(46)35-36-51(53)58/h3-38H,1-2H3. The van der Waals surface area contributed by atoms with E-state index in [9.17, 15) is 0 Å². The molecule has 1 aliphatic rings. The van der Waals surface area contributed by atoms with Gasteiger partial charge >= 0.3 is 0 Å². The quantitative estimate of drug-likeness (QED) is 0.124. The summed E-state index contributed by atoms with van der Waals surface area (Å²) >= 11 is 0. The minimum absolute atomic E-state index is 0.101. The Hall–Kier alpha value is -7.94. The molecule has 0 saturated heterocycles. The molecule has 2 nitrogen and oxygen atoms in total. The lowest BCUT2D eigenvalue weighted by Crippen LogP contribution is -2.14. The van der Waals surface area contributed by atoms with Crippen molar-refractivity contribution in [3.05, 3.63) is 230 Å². The van der Waals surface area contributed by atoms with Gasteiger partial charge < -0.3 is 0 Å². The van der Waals surface area contributed by atoms with Gasteiger partial charge in [0.25, 0.3) is 0 Å². The lowest BCUT2D eigenvalue weighted by molar-refractivity contribution is 0.660.